The van der Waals surface area contributed by atoms with Crippen molar-refractivity contribution >= 4 is 11.7 Å². The molecular formula is C15H21N3O2. The summed E-state index contributed by atoms with van der Waals surface area (Å²) in [5, 5.41) is 2.86. The van der Waals surface area contributed by atoms with Crippen molar-refractivity contribution in [3.8, 4) is 0 Å². The number of nitrogens with two attached hydrogens (primary N) is 1. The standard InChI is InChI=1S/C15H21N3O2/c1-9-4-6-17-11(8-9)18-13(19)15(16)10-5-7-20-12(10)14(15,2)3/h4,6,8,10,12H,5,7,16H2,1-3H3,(H,17,18,19). The van der Waals surface area contributed by atoms with Crippen LogP contribution in [0.5, 0.6) is 0 Å². The lowest BCUT2D eigenvalue weighted by molar-refractivity contribution is -0.170. The number of carbonyl (C=O) groups is 1. The van der Waals surface area contributed by atoms with E-state index < -0.39 is 5.54 Å². The quantitative estimate of drug-likeness (QED) is 0.857. The topological polar surface area (TPSA) is 77.2 Å². The Kier molecular flexibility index (Phi) is 2.88. The van der Waals surface area contributed by atoms with Crippen molar-refractivity contribution < 1.29 is 9.53 Å². The molecule has 0 bridgehead atoms. The van der Waals surface area contributed by atoms with E-state index in [1.165, 1.54) is 0 Å². The predicted molar refractivity (Wildman–Crippen MR) is 76.2 cm³/mol. The zero-order valence-electron chi connectivity index (χ0n) is 12.1. The summed E-state index contributed by atoms with van der Waals surface area (Å²) >= 11 is 0. The number of aromatic nitrogens is 1. The van der Waals surface area contributed by atoms with E-state index in [4.69, 9.17) is 10.5 Å². The van der Waals surface area contributed by atoms with Gasteiger partial charge >= 0.3 is 0 Å². The molecule has 1 saturated heterocycles. The molecule has 1 aromatic rings. The van der Waals surface area contributed by atoms with Gasteiger partial charge in [-0.1, -0.05) is 13.8 Å². The summed E-state index contributed by atoms with van der Waals surface area (Å²) in [7, 11) is 0. The fraction of sp³-hybridized carbons (Fsp3) is 0.600. The highest BCUT2D eigenvalue weighted by molar-refractivity contribution is 5.99. The molecule has 3 unspecified atom stereocenters. The molecule has 5 nitrogen and oxygen atoms in total. The third-order valence-electron chi connectivity index (χ3n) is 4.99. The summed E-state index contributed by atoms with van der Waals surface area (Å²) in [5.41, 5.74) is 6.28. The maximum Gasteiger partial charge on any atom is 0.246 e. The van der Waals surface area contributed by atoms with Crippen molar-refractivity contribution in [1.29, 1.82) is 0 Å². The molecule has 1 saturated carbocycles. The molecule has 20 heavy (non-hydrogen) atoms. The minimum Gasteiger partial charge on any atom is -0.377 e. The van der Waals surface area contributed by atoms with Gasteiger partial charge in [0, 0.05) is 24.1 Å². The van der Waals surface area contributed by atoms with Gasteiger partial charge in [0.2, 0.25) is 5.91 Å². The lowest BCUT2D eigenvalue weighted by Crippen LogP contribution is -2.79. The molecule has 2 aliphatic rings. The summed E-state index contributed by atoms with van der Waals surface area (Å²) < 4.78 is 5.71. The largest absolute Gasteiger partial charge is 0.377 e. The molecule has 2 heterocycles. The normalized spacial score (nSPS) is 34.2. The SMILES string of the molecule is Cc1ccnc(NC(=O)C2(N)C3CCOC3C2(C)C)c1. The first-order valence-electron chi connectivity index (χ1n) is 7.02. The van der Waals surface area contributed by atoms with Crippen LogP contribution in [0.25, 0.3) is 0 Å². The lowest BCUT2D eigenvalue weighted by Gasteiger charge is -2.60. The first-order valence-corrected chi connectivity index (χ1v) is 7.02. The zero-order chi connectivity index (χ0) is 14.5. The first kappa shape index (κ1) is 13.5. The summed E-state index contributed by atoms with van der Waals surface area (Å²) in [6.45, 7) is 6.66. The number of anilines is 1. The lowest BCUT2D eigenvalue weighted by atomic mass is 9.48. The molecule has 3 atom stereocenters. The Morgan fingerprint density at radius 3 is 3.00 bits per heavy atom. The van der Waals surface area contributed by atoms with Crippen molar-refractivity contribution in [3.05, 3.63) is 23.9 Å². The molecule has 108 valence electrons. The highest BCUT2D eigenvalue weighted by atomic mass is 16.5. The number of ether oxygens (including phenoxy) is 1. The highest BCUT2D eigenvalue weighted by Crippen LogP contribution is 2.58. The second-order valence-corrected chi connectivity index (χ2v) is 6.45. The Hall–Kier alpha value is -1.46. The molecule has 0 radical (unpaired) electrons. The highest BCUT2D eigenvalue weighted by Gasteiger charge is 2.71. The second kappa shape index (κ2) is 4.27. The average molecular weight is 275 g/mol. The van der Waals surface area contributed by atoms with Gasteiger partial charge in [0.25, 0.3) is 0 Å². The Morgan fingerprint density at radius 2 is 2.30 bits per heavy atom. The van der Waals surface area contributed by atoms with E-state index in [-0.39, 0.29) is 23.3 Å². The van der Waals surface area contributed by atoms with Gasteiger partial charge < -0.3 is 15.8 Å². The van der Waals surface area contributed by atoms with E-state index in [0.29, 0.717) is 12.4 Å². The Bertz CT molecular complexity index is 558. The van der Waals surface area contributed by atoms with Crippen LogP contribution in [0.2, 0.25) is 0 Å². The second-order valence-electron chi connectivity index (χ2n) is 6.45. The fourth-order valence-corrected chi connectivity index (χ4v) is 3.67. The Balaban J connectivity index is 1.83. The van der Waals surface area contributed by atoms with Gasteiger partial charge in [0.15, 0.2) is 0 Å². The van der Waals surface area contributed by atoms with Crippen molar-refractivity contribution in [2.45, 2.75) is 38.8 Å². The molecule has 1 aliphatic heterocycles. The number of amides is 1. The van der Waals surface area contributed by atoms with E-state index in [1.54, 1.807) is 6.20 Å². The Labute approximate surface area is 118 Å². The van der Waals surface area contributed by atoms with Gasteiger partial charge in [-0.15, -0.1) is 0 Å². The third kappa shape index (κ3) is 1.63. The Morgan fingerprint density at radius 1 is 1.55 bits per heavy atom. The van der Waals surface area contributed by atoms with Crippen LogP contribution >= 0.6 is 0 Å². The molecule has 2 fully saturated rings. The smallest absolute Gasteiger partial charge is 0.246 e. The number of nitrogens with one attached hydrogen (secondary N) is 1. The maximum atomic E-state index is 12.7. The first-order chi connectivity index (χ1) is 9.37. The van der Waals surface area contributed by atoms with Crippen LogP contribution < -0.4 is 11.1 Å². The number of rotatable bonds is 2. The summed E-state index contributed by atoms with van der Waals surface area (Å²) in [4.78, 5) is 16.8. The summed E-state index contributed by atoms with van der Waals surface area (Å²) in [6, 6.07) is 3.73. The number of carbonyl (C=O) groups excluding carboxylic acids is 1. The zero-order valence-corrected chi connectivity index (χ0v) is 12.1. The molecule has 0 spiro atoms. The maximum absolute atomic E-state index is 12.7. The minimum atomic E-state index is -0.889. The number of hydrogen-bond donors (Lipinski definition) is 2. The van der Waals surface area contributed by atoms with Crippen molar-refractivity contribution in [3.63, 3.8) is 0 Å². The molecule has 1 aromatic heterocycles. The van der Waals surface area contributed by atoms with E-state index in [0.717, 1.165) is 12.0 Å². The van der Waals surface area contributed by atoms with Crippen LogP contribution in [-0.4, -0.2) is 29.1 Å². The van der Waals surface area contributed by atoms with Gasteiger partial charge in [-0.2, -0.15) is 0 Å². The van der Waals surface area contributed by atoms with Gasteiger partial charge in [0.1, 0.15) is 11.4 Å². The van der Waals surface area contributed by atoms with Crippen molar-refractivity contribution in [2.75, 3.05) is 11.9 Å². The number of fused-ring (bicyclic) bond motifs is 1. The van der Waals surface area contributed by atoms with Crippen LogP contribution in [-0.2, 0) is 9.53 Å². The summed E-state index contributed by atoms with van der Waals surface area (Å²) in [6.07, 6.45) is 2.62. The fourth-order valence-electron chi connectivity index (χ4n) is 3.67. The molecule has 5 heteroatoms. The molecule has 3 rings (SSSR count). The van der Waals surface area contributed by atoms with Crippen LogP contribution in [0, 0.1) is 18.3 Å². The number of pyridine rings is 1. The van der Waals surface area contributed by atoms with E-state index in [1.807, 2.05) is 32.9 Å². The van der Waals surface area contributed by atoms with Gasteiger partial charge in [-0.3, -0.25) is 4.79 Å². The number of nitrogens with zero attached hydrogens (tertiary/aromatic N) is 1. The van der Waals surface area contributed by atoms with E-state index in [2.05, 4.69) is 10.3 Å². The molecular weight excluding hydrogens is 254 g/mol. The van der Waals surface area contributed by atoms with Crippen molar-refractivity contribution in [2.24, 2.45) is 17.1 Å². The van der Waals surface area contributed by atoms with Gasteiger partial charge in [-0.05, 0) is 31.0 Å². The van der Waals surface area contributed by atoms with E-state index >= 15 is 0 Å². The summed E-state index contributed by atoms with van der Waals surface area (Å²) in [5.74, 6) is 0.493. The third-order valence-corrected chi connectivity index (χ3v) is 4.99. The van der Waals surface area contributed by atoms with Crippen LogP contribution in [0.1, 0.15) is 25.8 Å². The number of hydrogen-bond acceptors (Lipinski definition) is 4. The average Bonchev–Trinajstić information content (AvgIpc) is 2.85. The minimum absolute atomic E-state index is 0.0868. The molecule has 1 aliphatic carbocycles. The van der Waals surface area contributed by atoms with E-state index in [9.17, 15) is 4.79 Å². The predicted octanol–water partition coefficient (Wildman–Crippen LogP) is 1.47. The monoisotopic (exact) mass is 275 g/mol. The molecule has 1 amide bonds. The molecule has 0 aromatic carbocycles. The molecule has 3 N–H and O–H groups in total. The van der Waals surface area contributed by atoms with Crippen LogP contribution in [0.3, 0.4) is 0 Å². The van der Waals surface area contributed by atoms with Crippen LogP contribution in [0.15, 0.2) is 18.3 Å². The van der Waals surface area contributed by atoms with Crippen molar-refractivity contribution in [1.82, 2.24) is 4.98 Å². The van der Waals surface area contributed by atoms with Crippen LogP contribution in [0.4, 0.5) is 5.82 Å². The van der Waals surface area contributed by atoms with Gasteiger partial charge in [0.05, 0.1) is 6.10 Å². The van der Waals surface area contributed by atoms with Gasteiger partial charge in [-0.25, -0.2) is 4.98 Å². The number of aryl methyl sites for hydroxylation is 1.